The Labute approximate surface area is 164 Å². The Morgan fingerprint density at radius 1 is 1.11 bits per heavy atom. The van der Waals surface area contributed by atoms with Gasteiger partial charge in [-0.15, -0.1) is 0 Å². The highest BCUT2D eigenvalue weighted by Gasteiger charge is 2.26. The van der Waals surface area contributed by atoms with Crippen molar-refractivity contribution in [3.05, 3.63) is 77.0 Å². The molecule has 0 amide bonds. The van der Waals surface area contributed by atoms with Crippen LogP contribution in [0.15, 0.2) is 59.4 Å². The molecule has 0 saturated heterocycles. The lowest BCUT2D eigenvalue weighted by Crippen LogP contribution is -2.20. The average Bonchev–Trinajstić information content (AvgIpc) is 3.35. The van der Waals surface area contributed by atoms with Crippen LogP contribution in [0.5, 0.6) is 0 Å². The number of hydrogen-bond donors (Lipinski definition) is 0. The third-order valence-electron chi connectivity index (χ3n) is 4.72. The van der Waals surface area contributed by atoms with Gasteiger partial charge in [0.1, 0.15) is 11.9 Å². The van der Waals surface area contributed by atoms with Crippen molar-refractivity contribution in [3.8, 4) is 23.0 Å². The van der Waals surface area contributed by atoms with Gasteiger partial charge in [-0.05, 0) is 29.8 Å². The molecule has 1 aliphatic rings. The lowest BCUT2D eigenvalue weighted by atomic mass is 10.1. The summed E-state index contributed by atoms with van der Waals surface area (Å²) in [7, 11) is 0. The van der Waals surface area contributed by atoms with E-state index >= 15 is 0 Å². The summed E-state index contributed by atoms with van der Waals surface area (Å²) in [6.45, 7) is 0.903. The molecule has 0 unspecified atom stereocenters. The average molecular weight is 397 g/mol. The fourth-order valence-corrected chi connectivity index (χ4v) is 3.48. The largest absolute Gasteiger partial charge is 0.365 e. The molecule has 0 saturated carbocycles. The summed E-state index contributed by atoms with van der Waals surface area (Å²) < 4.78 is 26.5. The van der Waals surface area contributed by atoms with Crippen LogP contribution in [0.25, 0.3) is 23.0 Å². The van der Waals surface area contributed by atoms with E-state index in [1.54, 1.807) is 24.5 Å². The lowest BCUT2D eigenvalue weighted by Gasteiger charge is -2.25. The molecule has 1 atom stereocenters. The van der Waals surface area contributed by atoms with E-state index in [0.29, 0.717) is 41.1 Å². The summed E-state index contributed by atoms with van der Waals surface area (Å²) in [5, 5.41) is 4.58. The van der Waals surface area contributed by atoms with Crippen LogP contribution in [0.1, 0.15) is 17.4 Å². The van der Waals surface area contributed by atoms with E-state index in [0.717, 1.165) is 11.3 Å². The maximum Gasteiger partial charge on any atom is 0.278 e. The SMILES string of the molecule is Fc1ccc([C@H]2Cn3cnc(-c4nc(-c5ccccc5Cl)no4)c3CO2)cc1. The van der Waals surface area contributed by atoms with Crippen molar-refractivity contribution >= 4 is 11.6 Å². The summed E-state index contributed by atoms with van der Waals surface area (Å²) in [6, 6.07) is 13.6. The van der Waals surface area contributed by atoms with Crippen LogP contribution in [-0.2, 0) is 17.9 Å². The van der Waals surface area contributed by atoms with Crippen molar-refractivity contribution in [1.29, 1.82) is 0 Å². The Balaban J connectivity index is 1.43. The van der Waals surface area contributed by atoms with Gasteiger partial charge in [0.25, 0.3) is 5.89 Å². The van der Waals surface area contributed by atoms with Gasteiger partial charge >= 0.3 is 0 Å². The van der Waals surface area contributed by atoms with E-state index in [4.69, 9.17) is 20.9 Å². The van der Waals surface area contributed by atoms with Gasteiger partial charge in [-0.25, -0.2) is 9.37 Å². The van der Waals surface area contributed by atoms with Crippen molar-refractivity contribution in [2.75, 3.05) is 0 Å². The van der Waals surface area contributed by atoms with Gasteiger partial charge in [-0.1, -0.05) is 41.0 Å². The van der Waals surface area contributed by atoms with Crippen LogP contribution in [0.2, 0.25) is 5.02 Å². The third kappa shape index (κ3) is 2.98. The first-order valence-corrected chi connectivity index (χ1v) is 9.07. The van der Waals surface area contributed by atoms with Gasteiger partial charge < -0.3 is 13.8 Å². The van der Waals surface area contributed by atoms with E-state index in [-0.39, 0.29) is 11.9 Å². The van der Waals surface area contributed by atoms with Crippen molar-refractivity contribution < 1.29 is 13.7 Å². The fourth-order valence-electron chi connectivity index (χ4n) is 3.26. The molecule has 0 aliphatic carbocycles. The highest BCUT2D eigenvalue weighted by atomic mass is 35.5. The first kappa shape index (κ1) is 17.1. The van der Waals surface area contributed by atoms with Crippen LogP contribution in [0.3, 0.4) is 0 Å². The number of fused-ring (bicyclic) bond motifs is 1. The molecule has 0 N–H and O–H groups in total. The molecule has 1 aliphatic heterocycles. The number of ether oxygens (including phenoxy) is 1. The molecule has 0 spiro atoms. The van der Waals surface area contributed by atoms with Gasteiger partial charge in [-0.3, -0.25) is 0 Å². The Bertz CT molecular complexity index is 1140. The highest BCUT2D eigenvalue weighted by molar-refractivity contribution is 6.33. The lowest BCUT2D eigenvalue weighted by molar-refractivity contribution is 0.00326. The predicted octanol–water partition coefficient (Wildman–Crippen LogP) is 4.66. The number of imidazole rings is 1. The summed E-state index contributed by atoms with van der Waals surface area (Å²) in [5.41, 5.74) is 3.05. The smallest absolute Gasteiger partial charge is 0.278 e. The molecule has 2 aromatic heterocycles. The van der Waals surface area contributed by atoms with Gasteiger partial charge in [0.2, 0.25) is 5.82 Å². The summed E-state index contributed by atoms with van der Waals surface area (Å²) in [5.74, 6) is 0.451. The molecule has 140 valence electrons. The maximum atomic E-state index is 13.1. The Hall–Kier alpha value is -3.03. The van der Waals surface area contributed by atoms with Gasteiger partial charge in [-0.2, -0.15) is 4.98 Å². The quantitative estimate of drug-likeness (QED) is 0.503. The molecule has 3 heterocycles. The van der Waals surface area contributed by atoms with E-state index in [1.165, 1.54) is 12.1 Å². The molecule has 28 heavy (non-hydrogen) atoms. The van der Waals surface area contributed by atoms with E-state index in [1.807, 2.05) is 22.8 Å². The third-order valence-corrected chi connectivity index (χ3v) is 5.04. The maximum absolute atomic E-state index is 13.1. The van der Waals surface area contributed by atoms with Crippen LogP contribution in [-0.4, -0.2) is 19.7 Å². The normalized spacial score (nSPS) is 16.1. The number of nitrogens with zero attached hydrogens (tertiary/aromatic N) is 4. The summed E-state index contributed by atoms with van der Waals surface area (Å²) in [6.07, 6.45) is 1.56. The van der Waals surface area contributed by atoms with Gasteiger partial charge in [0.05, 0.1) is 30.2 Å². The van der Waals surface area contributed by atoms with Crippen molar-refractivity contribution in [1.82, 2.24) is 19.7 Å². The Morgan fingerprint density at radius 3 is 2.75 bits per heavy atom. The van der Waals surface area contributed by atoms with Crippen molar-refractivity contribution in [2.45, 2.75) is 19.3 Å². The first-order chi connectivity index (χ1) is 13.7. The molecule has 0 bridgehead atoms. The Morgan fingerprint density at radius 2 is 1.93 bits per heavy atom. The second-order valence-corrected chi connectivity index (χ2v) is 6.85. The minimum absolute atomic E-state index is 0.170. The minimum Gasteiger partial charge on any atom is -0.365 e. The number of halogens is 2. The van der Waals surface area contributed by atoms with Gasteiger partial charge in [0, 0.05) is 5.56 Å². The number of aromatic nitrogens is 4. The van der Waals surface area contributed by atoms with Crippen molar-refractivity contribution in [2.24, 2.45) is 0 Å². The number of hydrogen-bond acceptors (Lipinski definition) is 5. The molecular formula is C20H14ClFN4O2. The van der Waals surface area contributed by atoms with Crippen molar-refractivity contribution in [3.63, 3.8) is 0 Å². The molecule has 6 nitrogen and oxygen atoms in total. The predicted molar refractivity (Wildman–Crippen MR) is 99.9 cm³/mol. The van der Waals surface area contributed by atoms with Crippen LogP contribution in [0, 0.1) is 5.82 Å². The van der Waals surface area contributed by atoms with Crippen LogP contribution < -0.4 is 0 Å². The number of rotatable bonds is 3. The molecule has 0 radical (unpaired) electrons. The van der Waals surface area contributed by atoms with E-state index < -0.39 is 0 Å². The van der Waals surface area contributed by atoms with Crippen LogP contribution in [0.4, 0.5) is 4.39 Å². The molecule has 8 heteroatoms. The molecule has 4 aromatic rings. The standard InChI is InChI=1S/C20H14ClFN4O2/c21-15-4-2-1-3-14(15)19-24-20(28-25-19)18-16-10-27-17(9-26(16)11-23-18)12-5-7-13(22)8-6-12/h1-8,11,17H,9-10H2/t17-/m1/s1. The first-order valence-electron chi connectivity index (χ1n) is 8.69. The zero-order valence-corrected chi connectivity index (χ0v) is 15.3. The molecular weight excluding hydrogens is 383 g/mol. The summed E-state index contributed by atoms with van der Waals surface area (Å²) in [4.78, 5) is 8.88. The number of benzene rings is 2. The fraction of sp³-hybridized carbons (Fsp3) is 0.150. The topological polar surface area (TPSA) is 66.0 Å². The molecule has 0 fully saturated rings. The summed E-state index contributed by atoms with van der Waals surface area (Å²) >= 11 is 6.21. The zero-order chi connectivity index (χ0) is 19.1. The monoisotopic (exact) mass is 396 g/mol. The molecule has 5 rings (SSSR count). The zero-order valence-electron chi connectivity index (χ0n) is 14.5. The minimum atomic E-state index is -0.268. The second kappa shape index (κ2) is 6.85. The molecule has 2 aromatic carbocycles. The van der Waals surface area contributed by atoms with E-state index in [2.05, 4.69) is 15.1 Å². The highest BCUT2D eigenvalue weighted by Crippen LogP contribution is 2.32. The second-order valence-electron chi connectivity index (χ2n) is 6.45. The Kier molecular flexibility index (Phi) is 4.18. The van der Waals surface area contributed by atoms with E-state index in [9.17, 15) is 4.39 Å². The van der Waals surface area contributed by atoms with Gasteiger partial charge in [0.15, 0.2) is 5.69 Å². The van der Waals surface area contributed by atoms with Crippen LogP contribution >= 0.6 is 11.6 Å².